The predicted octanol–water partition coefficient (Wildman–Crippen LogP) is 1.85. The monoisotopic (exact) mass is 426 g/mol. The molecule has 2 aromatic rings. The number of aliphatic hydroxyl groups is 1. The highest BCUT2D eigenvalue weighted by atomic mass is 16.5. The number of β-amino-alcohol motifs (C(OH)–C–C–N with tert-alkyl or cyclic N) is 1. The van der Waals surface area contributed by atoms with E-state index in [1.54, 1.807) is 6.20 Å². The smallest absolute Gasteiger partial charge is 0.236 e. The first kappa shape index (κ1) is 22.0. The van der Waals surface area contributed by atoms with Gasteiger partial charge in [-0.3, -0.25) is 19.6 Å². The van der Waals surface area contributed by atoms with Crippen LogP contribution in [-0.2, 0) is 4.79 Å². The number of fused-ring (bicyclic) bond motifs is 1. The molecule has 1 amide bonds. The number of pyridine rings is 1. The number of carbonyl (C=O) groups excluding carboxylic acids is 1. The number of hydrogen-bond acceptors (Lipinski definition) is 6. The number of piperidine rings is 1. The van der Waals surface area contributed by atoms with E-state index in [-0.39, 0.29) is 12.5 Å². The number of amides is 1. The molecule has 0 spiro atoms. The maximum absolute atomic E-state index is 12.6. The lowest BCUT2D eigenvalue weighted by molar-refractivity contribution is -0.134. The van der Waals surface area contributed by atoms with Crippen LogP contribution in [-0.4, -0.2) is 95.8 Å². The van der Waals surface area contributed by atoms with Crippen LogP contribution >= 0.6 is 0 Å². The van der Waals surface area contributed by atoms with Crippen LogP contribution < -0.4 is 4.74 Å². The molecule has 2 unspecified atom stereocenters. The summed E-state index contributed by atoms with van der Waals surface area (Å²) in [4.78, 5) is 23.5. The number of rotatable bonds is 7. The lowest BCUT2D eigenvalue weighted by Crippen LogP contribution is -2.52. The van der Waals surface area contributed by atoms with Gasteiger partial charge in [-0.15, -0.1) is 0 Å². The van der Waals surface area contributed by atoms with Crippen molar-refractivity contribution in [3.8, 4) is 5.75 Å². The Morgan fingerprint density at radius 2 is 1.97 bits per heavy atom. The molecule has 2 aliphatic heterocycles. The van der Waals surface area contributed by atoms with Crippen molar-refractivity contribution in [1.82, 2.24) is 19.7 Å². The van der Waals surface area contributed by atoms with Gasteiger partial charge < -0.3 is 14.7 Å². The fourth-order valence-corrected chi connectivity index (χ4v) is 4.57. The van der Waals surface area contributed by atoms with E-state index in [0.717, 1.165) is 62.3 Å². The zero-order valence-electron chi connectivity index (χ0n) is 18.4. The van der Waals surface area contributed by atoms with Gasteiger partial charge >= 0.3 is 0 Å². The molecule has 7 nitrogen and oxygen atoms in total. The van der Waals surface area contributed by atoms with Crippen molar-refractivity contribution in [2.75, 3.05) is 59.0 Å². The summed E-state index contributed by atoms with van der Waals surface area (Å²) >= 11 is 0. The van der Waals surface area contributed by atoms with Gasteiger partial charge in [0, 0.05) is 57.4 Å². The highest BCUT2D eigenvalue weighted by Crippen LogP contribution is 2.23. The summed E-state index contributed by atoms with van der Waals surface area (Å²) < 4.78 is 5.89. The van der Waals surface area contributed by atoms with E-state index in [1.807, 2.05) is 35.2 Å². The molecule has 1 N–H and O–H groups in total. The van der Waals surface area contributed by atoms with Gasteiger partial charge in [-0.05, 0) is 43.0 Å². The minimum absolute atomic E-state index is 0.250. The third-order valence-corrected chi connectivity index (χ3v) is 6.34. The molecule has 1 aromatic carbocycles. The third-order valence-electron chi connectivity index (χ3n) is 6.34. The topological polar surface area (TPSA) is 69.1 Å². The second kappa shape index (κ2) is 10.4. The van der Waals surface area contributed by atoms with Crippen LogP contribution in [0.2, 0.25) is 0 Å². The van der Waals surface area contributed by atoms with E-state index in [2.05, 4.69) is 21.7 Å². The van der Waals surface area contributed by atoms with Crippen LogP contribution in [0.5, 0.6) is 5.75 Å². The quantitative estimate of drug-likeness (QED) is 0.729. The Kier molecular flexibility index (Phi) is 7.37. The summed E-state index contributed by atoms with van der Waals surface area (Å²) in [5.41, 5.74) is 0.888. The van der Waals surface area contributed by atoms with Crippen molar-refractivity contribution in [1.29, 1.82) is 0 Å². The van der Waals surface area contributed by atoms with E-state index in [0.29, 0.717) is 19.0 Å². The van der Waals surface area contributed by atoms with Crippen LogP contribution in [0.15, 0.2) is 36.5 Å². The number of carbonyl (C=O) groups is 1. The highest BCUT2D eigenvalue weighted by Gasteiger charge is 2.25. The predicted molar refractivity (Wildman–Crippen MR) is 121 cm³/mol. The second-order valence-corrected chi connectivity index (χ2v) is 8.95. The Labute approximate surface area is 184 Å². The maximum Gasteiger partial charge on any atom is 0.236 e. The molecule has 0 saturated carbocycles. The van der Waals surface area contributed by atoms with Crippen molar-refractivity contribution in [2.24, 2.45) is 5.92 Å². The Morgan fingerprint density at radius 1 is 1.16 bits per heavy atom. The molecule has 7 heteroatoms. The Bertz CT molecular complexity index is 864. The first-order chi connectivity index (χ1) is 15.1. The first-order valence-corrected chi connectivity index (χ1v) is 11.5. The van der Waals surface area contributed by atoms with Gasteiger partial charge in [0.2, 0.25) is 5.91 Å². The largest absolute Gasteiger partial charge is 0.490 e. The molecular formula is C24H34N4O3. The van der Waals surface area contributed by atoms with Gasteiger partial charge in [0.25, 0.3) is 0 Å². The number of nitrogens with zero attached hydrogens (tertiary/aromatic N) is 4. The van der Waals surface area contributed by atoms with Crippen molar-refractivity contribution in [2.45, 2.75) is 25.9 Å². The van der Waals surface area contributed by atoms with Gasteiger partial charge in [-0.2, -0.15) is 0 Å². The fourth-order valence-electron chi connectivity index (χ4n) is 4.57. The molecule has 31 heavy (non-hydrogen) atoms. The van der Waals surface area contributed by atoms with Gasteiger partial charge in [0.1, 0.15) is 18.5 Å². The zero-order chi connectivity index (χ0) is 21.6. The minimum Gasteiger partial charge on any atom is -0.490 e. The average molecular weight is 427 g/mol. The fraction of sp³-hybridized carbons (Fsp3) is 0.583. The average Bonchev–Trinajstić information content (AvgIpc) is 2.79. The normalized spacial score (nSPS) is 21.9. The van der Waals surface area contributed by atoms with Gasteiger partial charge in [0.15, 0.2) is 0 Å². The zero-order valence-corrected chi connectivity index (χ0v) is 18.4. The molecule has 0 bridgehead atoms. The highest BCUT2D eigenvalue weighted by molar-refractivity contribution is 5.84. The summed E-state index contributed by atoms with van der Waals surface area (Å²) in [6, 6.07) is 9.66. The molecule has 0 radical (unpaired) electrons. The summed E-state index contributed by atoms with van der Waals surface area (Å²) in [5, 5.41) is 11.4. The first-order valence-electron chi connectivity index (χ1n) is 11.5. The maximum atomic E-state index is 12.6. The third kappa shape index (κ3) is 5.93. The molecule has 4 rings (SSSR count). The Morgan fingerprint density at radius 3 is 2.77 bits per heavy atom. The van der Waals surface area contributed by atoms with Crippen molar-refractivity contribution in [3.05, 3.63) is 36.5 Å². The molecule has 2 fully saturated rings. The van der Waals surface area contributed by atoms with Gasteiger partial charge in [-0.1, -0.05) is 13.0 Å². The minimum atomic E-state index is -0.560. The van der Waals surface area contributed by atoms with Crippen molar-refractivity contribution in [3.63, 3.8) is 0 Å². The lowest BCUT2D eigenvalue weighted by Gasteiger charge is -2.37. The van der Waals surface area contributed by atoms with E-state index in [1.165, 1.54) is 6.42 Å². The second-order valence-electron chi connectivity index (χ2n) is 8.95. The van der Waals surface area contributed by atoms with Crippen LogP contribution in [0, 0.1) is 5.92 Å². The molecule has 3 heterocycles. The van der Waals surface area contributed by atoms with Gasteiger partial charge in [0.05, 0.1) is 12.1 Å². The van der Waals surface area contributed by atoms with E-state index < -0.39 is 6.10 Å². The van der Waals surface area contributed by atoms with Crippen molar-refractivity contribution >= 4 is 16.8 Å². The Hall–Kier alpha value is -2.22. The summed E-state index contributed by atoms with van der Waals surface area (Å²) in [6.45, 7) is 8.81. The lowest BCUT2D eigenvalue weighted by atomic mass is 10.0. The number of aromatic nitrogens is 1. The molecule has 1 aromatic heterocycles. The summed E-state index contributed by atoms with van der Waals surface area (Å²) in [5.74, 6) is 1.63. The van der Waals surface area contributed by atoms with E-state index in [9.17, 15) is 9.90 Å². The number of piperazine rings is 1. The standard InChI is InChI=1S/C24H34N4O3/c1-19-5-4-10-28(15-19)24(30)17-27-13-11-26(12-14-27)16-20(29)18-31-23-8-2-7-22-21(23)6-3-9-25-22/h2-3,6-9,19-20,29H,4-5,10-18H2,1H3. The number of benzene rings is 1. The Balaban J connectivity index is 1.18. The molecule has 168 valence electrons. The molecule has 2 atom stereocenters. The van der Waals surface area contributed by atoms with Crippen molar-refractivity contribution < 1.29 is 14.6 Å². The molecular weight excluding hydrogens is 392 g/mol. The van der Waals surface area contributed by atoms with Crippen LogP contribution in [0.1, 0.15) is 19.8 Å². The number of likely N-dealkylation sites (tertiary alicyclic amines) is 1. The number of aliphatic hydroxyl groups excluding tert-OH is 1. The van der Waals surface area contributed by atoms with E-state index in [4.69, 9.17) is 4.74 Å². The SMILES string of the molecule is CC1CCCN(C(=O)CN2CCN(CC(O)COc3cccc4ncccc34)CC2)C1. The van der Waals surface area contributed by atoms with Gasteiger partial charge in [-0.25, -0.2) is 0 Å². The van der Waals surface area contributed by atoms with Crippen LogP contribution in [0.3, 0.4) is 0 Å². The van der Waals surface area contributed by atoms with Crippen LogP contribution in [0.25, 0.3) is 10.9 Å². The summed E-state index contributed by atoms with van der Waals surface area (Å²) in [7, 11) is 0. The van der Waals surface area contributed by atoms with Crippen LogP contribution in [0.4, 0.5) is 0 Å². The molecule has 2 saturated heterocycles. The van der Waals surface area contributed by atoms with E-state index >= 15 is 0 Å². The number of ether oxygens (including phenoxy) is 1. The summed E-state index contributed by atoms with van der Waals surface area (Å²) in [6.07, 6.45) is 3.55. The molecule has 0 aliphatic carbocycles. The number of hydrogen-bond donors (Lipinski definition) is 1. The molecule has 2 aliphatic rings.